The van der Waals surface area contributed by atoms with Crippen molar-refractivity contribution in [2.24, 2.45) is 5.92 Å². The van der Waals surface area contributed by atoms with Crippen molar-refractivity contribution in [1.82, 2.24) is 0 Å². The minimum Gasteiger partial charge on any atom is -0.486 e. The van der Waals surface area contributed by atoms with Gasteiger partial charge in [-0.15, -0.1) is 0 Å². The molecule has 0 saturated carbocycles. The summed E-state index contributed by atoms with van der Waals surface area (Å²) in [5.41, 5.74) is 2.24. The van der Waals surface area contributed by atoms with Crippen LogP contribution in [0.2, 0.25) is 0 Å². The predicted octanol–water partition coefficient (Wildman–Crippen LogP) is 9.41. The molecule has 3 nitrogen and oxygen atoms in total. The van der Waals surface area contributed by atoms with Crippen LogP contribution in [-0.4, -0.2) is 19.8 Å². The van der Waals surface area contributed by atoms with Crippen LogP contribution in [-0.2, 0) is 9.47 Å². The molecule has 1 aliphatic heterocycles. The van der Waals surface area contributed by atoms with Gasteiger partial charge in [0.25, 0.3) is 0 Å². The van der Waals surface area contributed by atoms with Crippen molar-refractivity contribution in [2.45, 2.75) is 58.2 Å². The van der Waals surface area contributed by atoms with E-state index in [1.807, 2.05) is 6.07 Å². The van der Waals surface area contributed by atoms with E-state index in [4.69, 9.17) is 14.2 Å². The average Bonchev–Trinajstić information content (AvgIpc) is 2.96. The Labute approximate surface area is 229 Å². The number of hydrogen-bond donors (Lipinski definition) is 0. The lowest BCUT2D eigenvalue weighted by Crippen LogP contribution is -2.27. The van der Waals surface area contributed by atoms with E-state index in [0.29, 0.717) is 41.4 Å². The van der Waals surface area contributed by atoms with Gasteiger partial charge in [-0.05, 0) is 35.7 Å². The highest BCUT2D eigenvalue weighted by Gasteiger charge is 2.24. The maximum absolute atomic E-state index is 15.1. The molecule has 1 aliphatic rings. The molecular weight excluding hydrogens is 501 g/mol. The quantitative estimate of drug-likeness (QED) is 0.160. The second-order valence-electron chi connectivity index (χ2n) is 10.1. The van der Waals surface area contributed by atoms with Gasteiger partial charge in [0, 0.05) is 22.6 Å². The van der Waals surface area contributed by atoms with E-state index in [2.05, 4.69) is 13.5 Å². The van der Waals surface area contributed by atoms with Crippen molar-refractivity contribution in [2.75, 3.05) is 19.8 Å². The monoisotopic (exact) mass is 538 g/mol. The first kappa shape index (κ1) is 28.9. The second kappa shape index (κ2) is 14.3. The van der Waals surface area contributed by atoms with Crippen LogP contribution in [0.1, 0.15) is 63.7 Å². The van der Waals surface area contributed by atoms with Gasteiger partial charge in [-0.1, -0.05) is 94.5 Å². The SMILES string of the molecule is C=CCOc1ccc(-c2ccc(-c3ccc(C4OCC(CCCCCCCC)CO4)cc3F)cc2)c(F)c1F. The normalized spacial score (nSPS) is 17.2. The van der Waals surface area contributed by atoms with Gasteiger partial charge >= 0.3 is 0 Å². The number of hydrogen-bond acceptors (Lipinski definition) is 3. The van der Waals surface area contributed by atoms with Crippen molar-refractivity contribution in [1.29, 1.82) is 0 Å². The molecule has 0 unspecified atom stereocenters. The largest absolute Gasteiger partial charge is 0.486 e. The smallest absolute Gasteiger partial charge is 0.201 e. The molecule has 0 aliphatic carbocycles. The Balaban J connectivity index is 1.35. The summed E-state index contributed by atoms with van der Waals surface area (Å²) >= 11 is 0. The Morgan fingerprint density at radius 1 is 0.821 bits per heavy atom. The van der Waals surface area contributed by atoms with Gasteiger partial charge in [0.1, 0.15) is 12.4 Å². The van der Waals surface area contributed by atoms with E-state index < -0.39 is 23.7 Å². The first-order valence-corrected chi connectivity index (χ1v) is 13.9. The third-order valence-corrected chi connectivity index (χ3v) is 7.11. The van der Waals surface area contributed by atoms with Crippen LogP contribution < -0.4 is 4.74 Å². The van der Waals surface area contributed by atoms with Gasteiger partial charge in [0.2, 0.25) is 5.82 Å². The molecule has 0 bridgehead atoms. The zero-order valence-electron chi connectivity index (χ0n) is 22.6. The maximum atomic E-state index is 15.1. The van der Waals surface area contributed by atoms with Gasteiger partial charge in [-0.2, -0.15) is 4.39 Å². The van der Waals surface area contributed by atoms with Gasteiger partial charge < -0.3 is 14.2 Å². The van der Waals surface area contributed by atoms with E-state index in [9.17, 15) is 8.78 Å². The number of halogens is 3. The van der Waals surface area contributed by atoms with Crippen LogP contribution in [0.5, 0.6) is 5.75 Å². The van der Waals surface area contributed by atoms with Crippen LogP contribution in [0, 0.1) is 23.4 Å². The predicted molar refractivity (Wildman–Crippen MR) is 149 cm³/mol. The van der Waals surface area contributed by atoms with Crippen molar-refractivity contribution >= 4 is 0 Å². The van der Waals surface area contributed by atoms with E-state index in [0.717, 1.165) is 6.42 Å². The molecule has 0 N–H and O–H groups in total. The van der Waals surface area contributed by atoms with Crippen LogP contribution >= 0.6 is 0 Å². The number of benzene rings is 3. The Morgan fingerprint density at radius 2 is 1.46 bits per heavy atom. The van der Waals surface area contributed by atoms with Gasteiger partial charge in [0.15, 0.2) is 17.9 Å². The summed E-state index contributed by atoms with van der Waals surface area (Å²) in [7, 11) is 0. The van der Waals surface area contributed by atoms with E-state index in [-0.39, 0.29) is 17.9 Å². The number of ether oxygens (including phenoxy) is 3. The van der Waals surface area contributed by atoms with Crippen molar-refractivity contribution in [3.8, 4) is 28.0 Å². The fourth-order valence-electron chi connectivity index (χ4n) is 4.87. The van der Waals surface area contributed by atoms with Crippen molar-refractivity contribution in [3.05, 3.63) is 90.3 Å². The molecule has 4 rings (SSSR count). The zero-order valence-corrected chi connectivity index (χ0v) is 22.6. The molecule has 3 aromatic carbocycles. The molecule has 1 saturated heterocycles. The molecule has 39 heavy (non-hydrogen) atoms. The van der Waals surface area contributed by atoms with Crippen LogP contribution in [0.15, 0.2) is 67.3 Å². The third kappa shape index (κ3) is 7.52. The van der Waals surface area contributed by atoms with Crippen LogP contribution in [0.25, 0.3) is 22.3 Å². The third-order valence-electron chi connectivity index (χ3n) is 7.11. The molecule has 3 aromatic rings. The molecule has 0 atom stereocenters. The zero-order chi connectivity index (χ0) is 27.6. The summed E-state index contributed by atoms with van der Waals surface area (Å²) in [4.78, 5) is 0. The van der Waals surface area contributed by atoms with E-state index >= 15 is 4.39 Å². The Kier molecular flexibility index (Phi) is 10.6. The Hall–Kier alpha value is -3.09. The van der Waals surface area contributed by atoms with Gasteiger partial charge in [0.05, 0.1) is 13.2 Å². The summed E-state index contributed by atoms with van der Waals surface area (Å²) in [6.45, 7) is 7.03. The number of unbranched alkanes of at least 4 members (excludes halogenated alkanes) is 5. The summed E-state index contributed by atoms with van der Waals surface area (Å²) < 4.78 is 61.1. The minimum atomic E-state index is -1.05. The highest BCUT2D eigenvalue weighted by atomic mass is 19.2. The van der Waals surface area contributed by atoms with Gasteiger partial charge in [-0.3, -0.25) is 0 Å². The highest BCUT2D eigenvalue weighted by molar-refractivity contribution is 5.71. The van der Waals surface area contributed by atoms with Crippen LogP contribution in [0.3, 0.4) is 0 Å². The molecule has 0 radical (unpaired) electrons. The maximum Gasteiger partial charge on any atom is 0.201 e. The van der Waals surface area contributed by atoms with E-state index in [1.54, 1.807) is 30.3 Å². The Bertz CT molecular complexity index is 1220. The fraction of sp³-hybridized carbons (Fsp3) is 0.394. The van der Waals surface area contributed by atoms with Crippen molar-refractivity contribution < 1.29 is 27.4 Å². The van der Waals surface area contributed by atoms with Crippen LogP contribution in [0.4, 0.5) is 13.2 Å². The molecule has 6 heteroatoms. The standard InChI is InChI=1S/C33H37F3O3/c1-3-5-6-7-8-9-10-23-21-38-33(39-22-23)26-15-16-27(29(34)20-26)24-11-13-25(14-12-24)28-17-18-30(37-19-4-2)32(36)31(28)35/h4,11-18,20,23,33H,2-3,5-10,19,21-22H2,1H3. The van der Waals surface area contributed by atoms with Gasteiger partial charge in [-0.25, -0.2) is 8.78 Å². The first-order valence-electron chi connectivity index (χ1n) is 13.9. The Morgan fingerprint density at radius 3 is 2.13 bits per heavy atom. The average molecular weight is 539 g/mol. The van der Waals surface area contributed by atoms with E-state index in [1.165, 1.54) is 62.8 Å². The fourth-order valence-corrected chi connectivity index (χ4v) is 4.87. The topological polar surface area (TPSA) is 27.7 Å². The summed E-state index contributed by atoms with van der Waals surface area (Å²) in [6, 6.07) is 14.5. The summed E-state index contributed by atoms with van der Waals surface area (Å²) in [5.74, 6) is -2.25. The lowest BCUT2D eigenvalue weighted by Gasteiger charge is -2.29. The molecule has 1 heterocycles. The molecule has 0 aromatic heterocycles. The molecular formula is C33H37F3O3. The molecule has 0 amide bonds. The lowest BCUT2D eigenvalue weighted by molar-refractivity contribution is -0.206. The lowest BCUT2D eigenvalue weighted by atomic mass is 9.98. The second-order valence-corrected chi connectivity index (χ2v) is 10.1. The highest BCUT2D eigenvalue weighted by Crippen LogP contribution is 2.34. The molecule has 208 valence electrons. The minimum absolute atomic E-state index is 0.0769. The first-order chi connectivity index (χ1) is 19.0. The molecule has 1 fully saturated rings. The summed E-state index contributed by atoms with van der Waals surface area (Å²) in [5, 5.41) is 0. The number of rotatable bonds is 13. The summed E-state index contributed by atoms with van der Waals surface area (Å²) in [6.07, 6.45) is 9.56. The molecule has 0 spiro atoms. The van der Waals surface area contributed by atoms with Crippen molar-refractivity contribution in [3.63, 3.8) is 0 Å².